The number of nitrogens with two attached hydrogens (primary N) is 1. The van der Waals surface area contributed by atoms with Crippen LogP contribution in [0.1, 0.15) is 39.0 Å². The second-order valence-corrected chi connectivity index (χ2v) is 5.59. The highest BCUT2D eigenvalue weighted by Crippen LogP contribution is 2.42. The number of hydrogen-bond donors (Lipinski definition) is 3. The van der Waals surface area contributed by atoms with Crippen LogP contribution >= 0.6 is 0 Å². The van der Waals surface area contributed by atoms with Crippen LogP contribution in [0.4, 0.5) is 0 Å². The summed E-state index contributed by atoms with van der Waals surface area (Å²) < 4.78 is 5.41. The van der Waals surface area contributed by atoms with Gasteiger partial charge in [0.15, 0.2) is 5.84 Å². The van der Waals surface area contributed by atoms with Crippen molar-refractivity contribution in [3.8, 4) is 0 Å². The van der Waals surface area contributed by atoms with Gasteiger partial charge in [0, 0.05) is 6.61 Å². The summed E-state index contributed by atoms with van der Waals surface area (Å²) in [6.45, 7) is 3.24. The lowest BCUT2D eigenvalue weighted by molar-refractivity contribution is -0.134. The summed E-state index contributed by atoms with van der Waals surface area (Å²) in [5, 5.41) is 14.9. The third-order valence-corrected chi connectivity index (χ3v) is 4.09. The number of amides is 1. The minimum atomic E-state index is -0.810. The SMILES string of the molecule is CC1(NC(=O)C2(C(N)=NO)CCC2)CCCOC1. The predicted molar refractivity (Wildman–Crippen MR) is 66.3 cm³/mol. The van der Waals surface area contributed by atoms with Gasteiger partial charge >= 0.3 is 0 Å². The lowest BCUT2D eigenvalue weighted by Gasteiger charge is -2.43. The molecule has 1 saturated carbocycles. The summed E-state index contributed by atoms with van der Waals surface area (Å²) >= 11 is 0. The molecule has 2 aliphatic rings. The number of oxime groups is 1. The zero-order valence-corrected chi connectivity index (χ0v) is 10.7. The molecular weight excluding hydrogens is 234 g/mol. The van der Waals surface area contributed by atoms with Crippen LogP contribution in [0.3, 0.4) is 0 Å². The Kier molecular flexibility index (Phi) is 3.47. The van der Waals surface area contributed by atoms with Crippen LogP contribution in [0.5, 0.6) is 0 Å². The van der Waals surface area contributed by atoms with Crippen molar-refractivity contribution in [3.63, 3.8) is 0 Å². The molecule has 1 saturated heterocycles. The molecule has 2 fully saturated rings. The van der Waals surface area contributed by atoms with Gasteiger partial charge in [0.05, 0.1) is 12.1 Å². The Morgan fingerprint density at radius 2 is 2.11 bits per heavy atom. The van der Waals surface area contributed by atoms with E-state index in [1.165, 1.54) is 0 Å². The topological polar surface area (TPSA) is 96.9 Å². The molecule has 1 aliphatic carbocycles. The molecule has 2 rings (SSSR count). The van der Waals surface area contributed by atoms with Crippen molar-refractivity contribution in [1.29, 1.82) is 0 Å². The van der Waals surface area contributed by atoms with Crippen molar-refractivity contribution >= 4 is 11.7 Å². The average molecular weight is 255 g/mol. The first-order valence-corrected chi connectivity index (χ1v) is 6.41. The second-order valence-electron chi connectivity index (χ2n) is 5.59. The minimum Gasteiger partial charge on any atom is -0.409 e. The minimum absolute atomic E-state index is 0.0200. The highest BCUT2D eigenvalue weighted by atomic mass is 16.5. The van der Waals surface area contributed by atoms with Crippen molar-refractivity contribution in [1.82, 2.24) is 5.32 Å². The lowest BCUT2D eigenvalue weighted by atomic mass is 9.66. The molecule has 0 aromatic carbocycles. The molecule has 0 spiro atoms. The second kappa shape index (κ2) is 4.76. The maximum absolute atomic E-state index is 12.4. The summed E-state index contributed by atoms with van der Waals surface area (Å²) in [6.07, 6.45) is 4.05. The number of nitrogens with one attached hydrogen (secondary N) is 1. The highest BCUT2D eigenvalue weighted by Gasteiger charge is 2.50. The van der Waals surface area contributed by atoms with Gasteiger partial charge in [-0.2, -0.15) is 0 Å². The van der Waals surface area contributed by atoms with Crippen molar-refractivity contribution in [3.05, 3.63) is 0 Å². The Morgan fingerprint density at radius 1 is 1.39 bits per heavy atom. The van der Waals surface area contributed by atoms with Gasteiger partial charge in [-0.3, -0.25) is 4.79 Å². The molecule has 0 aromatic rings. The van der Waals surface area contributed by atoms with Crippen LogP contribution in [0.2, 0.25) is 0 Å². The first kappa shape index (κ1) is 13.1. The van der Waals surface area contributed by atoms with E-state index in [1.807, 2.05) is 6.92 Å². The molecular formula is C12H21N3O3. The van der Waals surface area contributed by atoms with Crippen molar-refractivity contribution < 1.29 is 14.7 Å². The third kappa shape index (κ3) is 2.16. The predicted octanol–water partition coefficient (Wildman–Crippen LogP) is 0.588. The van der Waals surface area contributed by atoms with E-state index in [0.29, 0.717) is 19.4 Å². The fourth-order valence-corrected chi connectivity index (χ4v) is 2.65. The standard InChI is InChI=1S/C12H21N3O3/c1-11(4-3-7-18-8-11)14-10(16)12(5-2-6-12)9(13)15-17/h17H,2-8H2,1H3,(H2,13,15)(H,14,16). The van der Waals surface area contributed by atoms with Crippen LogP contribution in [0.25, 0.3) is 0 Å². The molecule has 1 unspecified atom stereocenters. The largest absolute Gasteiger partial charge is 0.409 e. The summed E-state index contributed by atoms with van der Waals surface area (Å²) in [6, 6.07) is 0. The Labute approximate surface area is 107 Å². The van der Waals surface area contributed by atoms with Crippen LogP contribution in [-0.2, 0) is 9.53 Å². The molecule has 102 valence electrons. The van der Waals surface area contributed by atoms with Crippen LogP contribution < -0.4 is 11.1 Å². The molecule has 6 heteroatoms. The molecule has 0 aromatic heterocycles. The van der Waals surface area contributed by atoms with E-state index in [4.69, 9.17) is 15.7 Å². The zero-order valence-electron chi connectivity index (χ0n) is 10.7. The van der Waals surface area contributed by atoms with E-state index in [9.17, 15) is 4.79 Å². The third-order valence-electron chi connectivity index (χ3n) is 4.09. The Hall–Kier alpha value is -1.30. The molecule has 1 aliphatic heterocycles. The Bertz CT molecular complexity index is 358. The first-order chi connectivity index (χ1) is 8.52. The number of carbonyl (C=O) groups is 1. The van der Waals surface area contributed by atoms with Gasteiger partial charge in [-0.1, -0.05) is 11.6 Å². The van der Waals surface area contributed by atoms with Gasteiger partial charge in [0.2, 0.25) is 5.91 Å². The van der Waals surface area contributed by atoms with E-state index >= 15 is 0 Å². The quantitative estimate of drug-likeness (QED) is 0.297. The van der Waals surface area contributed by atoms with Crippen molar-refractivity contribution in [2.24, 2.45) is 16.3 Å². The van der Waals surface area contributed by atoms with E-state index in [0.717, 1.165) is 25.9 Å². The van der Waals surface area contributed by atoms with Crippen LogP contribution in [-0.4, -0.2) is 35.7 Å². The Balaban J connectivity index is 2.06. The molecule has 4 N–H and O–H groups in total. The van der Waals surface area contributed by atoms with Crippen molar-refractivity contribution in [2.45, 2.75) is 44.6 Å². The number of hydrogen-bond acceptors (Lipinski definition) is 4. The number of amidine groups is 1. The molecule has 18 heavy (non-hydrogen) atoms. The summed E-state index contributed by atoms with van der Waals surface area (Å²) in [4.78, 5) is 12.4. The maximum atomic E-state index is 12.4. The summed E-state index contributed by atoms with van der Waals surface area (Å²) in [7, 11) is 0. The molecule has 1 atom stereocenters. The number of rotatable bonds is 3. The monoisotopic (exact) mass is 255 g/mol. The van der Waals surface area contributed by atoms with E-state index in [2.05, 4.69) is 10.5 Å². The van der Waals surface area contributed by atoms with Crippen LogP contribution in [0, 0.1) is 5.41 Å². The number of carbonyl (C=O) groups excluding carboxylic acids is 1. The van der Waals surface area contributed by atoms with Gasteiger partial charge in [-0.25, -0.2) is 0 Å². The zero-order chi connectivity index (χ0) is 13.2. The fraction of sp³-hybridized carbons (Fsp3) is 0.833. The smallest absolute Gasteiger partial charge is 0.234 e. The molecule has 0 bridgehead atoms. The maximum Gasteiger partial charge on any atom is 0.234 e. The number of ether oxygens (including phenoxy) is 1. The normalized spacial score (nSPS) is 31.5. The molecule has 6 nitrogen and oxygen atoms in total. The lowest BCUT2D eigenvalue weighted by Crippen LogP contribution is -2.61. The van der Waals surface area contributed by atoms with Gasteiger partial charge in [0.25, 0.3) is 0 Å². The summed E-state index contributed by atoms with van der Waals surface area (Å²) in [5.74, 6) is -0.122. The van der Waals surface area contributed by atoms with E-state index < -0.39 is 5.41 Å². The highest BCUT2D eigenvalue weighted by molar-refractivity contribution is 6.07. The van der Waals surface area contributed by atoms with Gasteiger partial charge < -0.3 is 21.0 Å². The first-order valence-electron chi connectivity index (χ1n) is 6.41. The molecule has 0 radical (unpaired) electrons. The molecule has 1 heterocycles. The van der Waals surface area contributed by atoms with Gasteiger partial charge in [-0.05, 0) is 32.6 Å². The van der Waals surface area contributed by atoms with E-state index in [-0.39, 0.29) is 17.3 Å². The fourth-order valence-electron chi connectivity index (χ4n) is 2.65. The Morgan fingerprint density at radius 3 is 2.56 bits per heavy atom. The van der Waals surface area contributed by atoms with Crippen molar-refractivity contribution in [2.75, 3.05) is 13.2 Å². The summed E-state index contributed by atoms with van der Waals surface area (Å²) in [5.41, 5.74) is 4.52. The number of nitrogens with zero attached hydrogens (tertiary/aromatic N) is 1. The average Bonchev–Trinajstić information content (AvgIpc) is 2.27. The molecule has 1 amide bonds. The van der Waals surface area contributed by atoms with E-state index in [1.54, 1.807) is 0 Å². The van der Waals surface area contributed by atoms with Crippen LogP contribution in [0.15, 0.2) is 5.16 Å². The van der Waals surface area contributed by atoms with Gasteiger partial charge in [0.1, 0.15) is 5.41 Å². The van der Waals surface area contributed by atoms with Gasteiger partial charge in [-0.15, -0.1) is 0 Å².